The molecule has 0 fully saturated rings. The first-order valence-corrected chi connectivity index (χ1v) is 6.39. The molecular formula is C14H25NO3. The Bertz CT molecular complexity index is 354. The maximum absolute atomic E-state index is 9.80. The Morgan fingerprint density at radius 1 is 1.39 bits per heavy atom. The lowest BCUT2D eigenvalue weighted by Crippen LogP contribution is -2.34. The van der Waals surface area contributed by atoms with E-state index in [0.29, 0.717) is 13.2 Å². The van der Waals surface area contributed by atoms with Crippen molar-refractivity contribution in [1.82, 2.24) is 5.32 Å². The molecule has 18 heavy (non-hydrogen) atoms. The summed E-state index contributed by atoms with van der Waals surface area (Å²) >= 11 is 0. The van der Waals surface area contributed by atoms with Crippen LogP contribution >= 0.6 is 0 Å². The molecule has 0 radical (unpaired) electrons. The van der Waals surface area contributed by atoms with Gasteiger partial charge >= 0.3 is 0 Å². The normalized spacial score (nSPS) is 15.7. The van der Waals surface area contributed by atoms with E-state index >= 15 is 0 Å². The van der Waals surface area contributed by atoms with Gasteiger partial charge in [-0.3, -0.25) is 0 Å². The predicted molar refractivity (Wildman–Crippen MR) is 71.6 cm³/mol. The zero-order chi connectivity index (χ0) is 13.8. The fourth-order valence-corrected chi connectivity index (χ4v) is 1.50. The maximum Gasteiger partial charge on any atom is 0.120 e. The van der Waals surface area contributed by atoms with Gasteiger partial charge in [-0.15, -0.1) is 0 Å². The fourth-order valence-electron chi connectivity index (χ4n) is 1.50. The van der Waals surface area contributed by atoms with Crippen LogP contribution in [-0.2, 0) is 4.74 Å². The summed E-state index contributed by atoms with van der Waals surface area (Å²) in [6.45, 7) is 10.7. The van der Waals surface area contributed by atoms with Crippen molar-refractivity contribution in [2.24, 2.45) is 0 Å². The van der Waals surface area contributed by atoms with Crippen molar-refractivity contribution in [1.29, 1.82) is 0 Å². The lowest BCUT2D eigenvalue weighted by molar-refractivity contribution is -0.0483. The van der Waals surface area contributed by atoms with Crippen molar-refractivity contribution in [2.75, 3.05) is 13.2 Å². The summed E-state index contributed by atoms with van der Waals surface area (Å²) in [4.78, 5) is 0. The van der Waals surface area contributed by atoms with E-state index in [-0.39, 0.29) is 11.6 Å². The van der Waals surface area contributed by atoms with Gasteiger partial charge in [0.25, 0.3) is 0 Å². The van der Waals surface area contributed by atoms with Crippen LogP contribution in [0.15, 0.2) is 16.5 Å². The number of aryl methyl sites for hydroxylation is 1. The summed E-state index contributed by atoms with van der Waals surface area (Å²) in [5.74, 6) is 1.78. The third-order valence-electron chi connectivity index (χ3n) is 2.56. The summed E-state index contributed by atoms with van der Waals surface area (Å²) in [6, 6.07) is 3.97. The number of aliphatic hydroxyl groups excluding tert-OH is 1. The van der Waals surface area contributed by atoms with E-state index in [9.17, 15) is 5.11 Å². The summed E-state index contributed by atoms with van der Waals surface area (Å²) in [5.41, 5.74) is -0.218. The minimum absolute atomic E-state index is 0.0861. The molecule has 0 saturated carbocycles. The van der Waals surface area contributed by atoms with E-state index in [1.807, 2.05) is 46.8 Å². The molecule has 0 bridgehead atoms. The third-order valence-corrected chi connectivity index (χ3v) is 2.56. The van der Waals surface area contributed by atoms with Crippen molar-refractivity contribution in [3.8, 4) is 0 Å². The second kappa shape index (κ2) is 6.36. The molecule has 0 aromatic carbocycles. The fraction of sp³-hybridized carbons (Fsp3) is 0.714. The molecule has 0 aliphatic heterocycles. The number of rotatable bonds is 6. The van der Waals surface area contributed by atoms with Crippen molar-refractivity contribution in [2.45, 2.75) is 52.4 Å². The van der Waals surface area contributed by atoms with E-state index in [1.165, 1.54) is 0 Å². The van der Waals surface area contributed by atoms with Crippen LogP contribution in [0, 0.1) is 6.92 Å². The molecule has 2 atom stereocenters. The molecule has 0 spiro atoms. The van der Waals surface area contributed by atoms with Crippen LogP contribution in [-0.4, -0.2) is 30.0 Å². The van der Waals surface area contributed by atoms with Crippen LogP contribution in [0.5, 0.6) is 0 Å². The van der Waals surface area contributed by atoms with Gasteiger partial charge in [0.15, 0.2) is 0 Å². The largest absolute Gasteiger partial charge is 0.465 e. The van der Waals surface area contributed by atoms with Crippen LogP contribution in [0.3, 0.4) is 0 Å². The van der Waals surface area contributed by atoms with E-state index in [4.69, 9.17) is 9.15 Å². The third kappa shape index (κ3) is 5.67. The SMILES string of the molecule is Cc1ccc(C(C)NCC(O)COC(C)(C)C)o1. The van der Waals surface area contributed by atoms with Gasteiger partial charge in [0.1, 0.15) is 11.5 Å². The van der Waals surface area contributed by atoms with Gasteiger partial charge in [0.2, 0.25) is 0 Å². The summed E-state index contributed by atoms with van der Waals surface area (Å²) in [7, 11) is 0. The van der Waals surface area contributed by atoms with Gasteiger partial charge in [0.05, 0.1) is 24.4 Å². The number of nitrogens with one attached hydrogen (secondary N) is 1. The second-order valence-electron chi connectivity index (χ2n) is 5.66. The Balaban J connectivity index is 2.28. The summed E-state index contributed by atoms with van der Waals surface area (Å²) in [5, 5.41) is 13.0. The standard InChI is InChI=1S/C14H25NO3/c1-10-6-7-13(18-10)11(2)15-8-12(16)9-17-14(3,4)5/h6-7,11-12,15-16H,8-9H2,1-5H3. The van der Waals surface area contributed by atoms with Crippen LogP contribution in [0.2, 0.25) is 0 Å². The molecular weight excluding hydrogens is 230 g/mol. The summed E-state index contributed by atoms with van der Waals surface area (Å²) < 4.78 is 11.0. The minimum Gasteiger partial charge on any atom is -0.465 e. The first kappa shape index (κ1) is 15.2. The van der Waals surface area contributed by atoms with Crippen molar-refractivity contribution in [3.05, 3.63) is 23.7 Å². The Hall–Kier alpha value is -0.840. The highest BCUT2D eigenvalue weighted by Gasteiger charge is 2.15. The highest BCUT2D eigenvalue weighted by molar-refractivity contribution is 5.08. The number of aliphatic hydroxyl groups is 1. The Morgan fingerprint density at radius 3 is 2.56 bits per heavy atom. The lowest BCUT2D eigenvalue weighted by Gasteiger charge is -2.22. The van der Waals surface area contributed by atoms with Crippen molar-refractivity contribution >= 4 is 0 Å². The molecule has 4 heteroatoms. The number of hydrogen-bond acceptors (Lipinski definition) is 4. The van der Waals surface area contributed by atoms with Gasteiger partial charge < -0.3 is 19.6 Å². The zero-order valence-electron chi connectivity index (χ0n) is 12.0. The Morgan fingerprint density at radius 2 is 2.06 bits per heavy atom. The van der Waals surface area contributed by atoms with Crippen molar-refractivity contribution in [3.63, 3.8) is 0 Å². The molecule has 0 saturated heterocycles. The van der Waals surface area contributed by atoms with Gasteiger partial charge in [0, 0.05) is 6.54 Å². The first-order valence-electron chi connectivity index (χ1n) is 6.39. The van der Waals surface area contributed by atoms with Crippen LogP contribution in [0.4, 0.5) is 0 Å². The smallest absolute Gasteiger partial charge is 0.120 e. The highest BCUT2D eigenvalue weighted by atomic mass is 16.5. The van der Waals surface area contributed by atoms with Crippen molar-refractivity contribution < 1.29 is 14.3 Å². The lowest BCUT2D eigenvalue weighted by atomic mass is 10.2. The van der Waals surface area contributed by atoms with Gasteiger partial charge in [-0.25, -0.2) is 0 Å². The van der Waals surface area contributed by atoms with E-state index in [2.05, 4.69) is 5.32 Å². The van der Waals surface area contributed by atoms with Gasteiger partial charge in [-0.1, -0.05) is 0 Å². The number of hydrogen-bond donors (Lipinski definition) is 2. The van der Waals surface area contributed by atoms with Gasteiger partial charge in [-0.2, -0.15) is 0 Å². The van der Waals surface area contributed by atoms with E-state index in [1.54, 1.807) is 0 Å². The molecule has 1 aromatic heterocycles. The van der Waals surface area contributed by atoms with Crippen LogP contribution < -0.4 is 5.32 Å². The Kier molecular flexibility index (Phi) is 5.38. The van der Waals surface area contributed by atoms with Crippen LogP contribution in [0.1, 0.15) is 45.3 Å². The molecule has 0 aliphatic carbocycles. The maximum atomic E-state index is 9.80. The molecule has 1 heterocycles. The summed E-state index contributed by atoms with van der Waals surface area (Å²) in [6.07, 6.45) is -0.511. The monoisotopic (exact) mass is 255 g/mol. The second-order valence-corrected chi connectivity index (χ2v) is 5.66. The average Bonchev–Trinajstić information content (AvgIpc) is 2.69. The minimum atomic E-state index is -0.511. The van der Waals surface area contributed by atoms with E-state index in [0.717, 1.165) is 11.5 Å². The molecule has 2 N–H and O–H groups in total. The molecule has 1 rings (SSSR count). The molecule has 104 valence electrons. The molecule has 0 amide bonds. The number of furan rings is 1. The first-order chi connectivity index (χ1) is 8.28. The molecule has 0 aliphatic rings. The molecule has 2 unspecified atom stereocenters. The molecule has 1 aromatic rings. The number of ether oxygens (including phenoxy) is 1. The highest BCUT2D eigenvalue weighted by Crippen LogP contribution is 2.15. The Labute approximate surface area is 109 Å². The topological polar surface area (TPSA) is 54.6 Å². The van der Waals surface area contributed by atoms with E-state index < -0.39 is 6.10 Å². The quantitative estimate of drug-likeness (QED) is 0.819. The molecule has 4 nitrogen and oxygen atoms in total. The predicted octanol–water partition coefficient (Wildman–Crippen LogP) is 2.41. The van der Waals surface area contributed by atoms with Gasteiger partial charge in [-0.05, 0) is 46.8 Å². The van der Waals surface area contributed by atoms with Crippen LogP contribution in [0.25, 0.3) is 0 Å². The average molecular weight is 255 g/mol. The zero-order valence-corrected chi connectivity index (χ0v) is 12.0.